The highest BCUT2D eigenvalue weighted by Crippen LogP contribution is 2.32. The Kier molecular flexibility index (Phi) is 10.5. The van der Waals surface area contributed by atoms with Gasteiger partial charge in [0, 0.05) is 20.2 Å². The van der Waals surface area contributed by atoms with Gasteiger partial charge in [-0.1, -0.05) is 34.6 Å². The van der Waals surface area contributed by atoms with Gasteiger partial charge in [-0.3, -0.25) is 0 Å². The standard InChI is InChI=1S/C17H38N2O/c1-15(2)14-19(12-13-20-6)11-7-8-16(9-10-18)17(3,4)5/h15-16H,7-14,18H2,1-6H3. The largest absolute Gasteiger partial charge is 0.383 e. The molecule has 2 N–H and O–H groups in total. The number of ether oxygens (including phenoxy) is 1. The lowest BCUT2D eigenvalue weighted by Gasteiger charge is -2.32. The molecule has 0 spiro atoms. The second kappa shape index (κ2) is 10.6. The Balaban J connectivity index is 4.17. The molecule has 0 aromatic rings. The highest BCUT2D eigenvalue weighted by Gasteiger charge is 2.23. The third-order valence-corrected chi connectivity index (χ3v) is 4.00. The van der Waals surface area contributed by atoms with E-state index in [1.165, 1.54) is 25.9 Å². The summed E-state index contributed by atoms with van der Waals surface area (Å²) in [7, 11) is 1.78. The van der Waals surface area contributed by atoms with Crippen LogP contribution in [0.4, 0.5) is 0 Å². The number of nitrogens with zero attached hydrogens (tertiary/aromatic N) is 1. The minimum Gasteiger partial charge on any atom is -0.383 e. The zero-order chi connectivity index (χ0) is 15.6. The van der Waals surface area contributed by atoms with E-state index in [4.69, 9.17) is 10.5 Å². The molecule has 0 rings (SSSR count). The minimum absolute atomic E-state index is 0.370. The molecule has 1 atom stereocenters. The molecule has 1 unspecified atom stereocenters. The molecule has 0 heterocycles. The molecule has 0 saturated heterocycles. The SMILES string of the molecule is COCCN(CCCC(CCN)C(C)(C)C)CC(C)C. The van der Waals surface area contributed by atoms with E-state index in [1.54, 1.807) is 7.11 Å². The quantitative estimate of drug-likeness (QED) is 0.633. The maximum absolute atomic E-state index is 5.76. The average Bonchev–Trinajstić information content (AvgIpc) is 2.32. The van der Waals surface area contributed by atoms with Gasteiger partial charge in [-0.15, -0.1) is 0 Å². The zero-order valence-electron chi connectivity index (χ0n) is 14.7. The van der Waals surface area contributed by atoms with Crippen LogP contribution in [0.25, 0.3) is 0 Å². The Labute approximate surface area is 127 Å². The van der Waals surface area contributed by atoms with Crippen molar-refractivity contribution >= 4 is 0 Å². The lowest BCUT2D eigenvalue weighted by Crippen LogP contribution is -2.33. The number of hydrogen-bond donors (Lipinski definition) is 1. The molecule has 0 aromatic carbocycles. The van der Waals surface area contributed by atoms with E-state index >= 15 is 0 Å². The van der Waals surface area contributed by atoms with E-state index in [9.17, 15) is 0 Å². The Morgan fingerprint density at radius 1 is 1.10 bits per heavy atom. The van der Waals surface area contributed by atoms with Crippen molar-refractivity contribution in [3.05, 3.63) is 0 Å². The van der Waals surface area contributed by atoms with Crippen LogP contribution < -0.4 is 5.73 Å². The molecule has 3 heteroatoms. The average molecular weight is 287 g/mol. The number of methoxy groups -OCH3 is 1. The van der Waals surface area contributed by atoms with Gasteiger partial charge in [-0.25, -0.2) is 0 Å². The van der Waals surface area contributed by atoms with Crippen molar-refractivity contribution in [2.24, 2.45) is 23.0 Å². The van der Waals surface area contributed by atoms with Gasteiger partial charge in [-0.2, -0.15) is 0 Å². The Hall–Kier alpha value is -0.120. The van der Waals surface area contributed by atoms with Gasteiger partial charge in [-0.05, 0) is 49.6 Å². The van der Waals surface area contributed by atoms with E-state index in [-0.39, 0.29) is 0 Å². The van der Waals surface area contributed by atoms with Crippen LogP contribution in [0.1, 0.15) is 53.9 Å². The summed E-state index contributed by atoms with van der Waals surface area (Å²) in [6.07, 6.45) is 3.69. The highest BCUT2D eigenvalue weighted by atomic mass is 16.5. The third-order valence-electron chi connectivity index (χ3n) is 4.00. The van der Waals surface area contributed by atoms with E-state index < -0.39 is 0 Å². The fourth-order valence-electron chi connectivity index (χ4n) is 2.80. The summed E-state index contributed by atoms with van der Waals surface area (Å²) in [5, 5.41) is 0. The molecule has 3 nitrogen and oxygen atoms in total. The van der Waals surface area contributed by atoms with Crippen molar-refractivity contribution in [3.63, 3.8) is 0 Å². The molecule has 0 aliphatic carbocycles. The highest BCUT2D eigenvalue weighted by molar-refractivity contribution is 4.75. The van der Waals surface area contributed by atoms with Crippen molar-refractivity contribution < 1.29 is 4.74 Å². The lowest BCUT2D eigenvalue weighted by atomic mass is 9.76. The fraction of sp³-hybridized carbons (Fsp3) is 1.00. The van der Waals surface area contributed by atoms with Crippen LogP contribution in [-0.4, -0.2) is 44.8 Å². The molecule has 20 heavy (non-hydrogen) atoms. The molecule has 0 aliphatic rings. The molecule has 122 valence electrons. The van der Waals surface area contributed by atoms with Crippen LogP contribution in [-0.2, 0) is 4.74 Å². The molecule has 0 fully saturated rings. The Morgan fingerprint density at radius 2 is 1.75 bits per heavy atom. The first-order valence-electron chi connectivity index (χ1n) is 8.22. The Bertz CT molecular complexity index is 224. The van der Waals surface area contributed by atoms with Crippen molar-refractivity contribution in [1.82, 2.24) is 4.90 Å². The van der Waals surface area contributed by atoms with Gasteiger partial charge in [0.1, 0.15) is 0 Å². The summed E-state index contributed by atoms with van der Waals surface area (Å²) in [6, 6.07) is 0. The van der Waals surface area contributed by atoms with E-state index in [0.717, 1.165) is 32.0 Å². The van der Waals surface area contributed by atoms with Crippen LogP contribution in [0.5, 0.6) is 0 Å². The first-order chi connectivity index (χ1) is 9.31. The zero-order valence-corrected chi connectivity index (χ0v) is 14.7. The lowest BCUT2D eigenvalue weighted by molar-refractivity contribution is 0.133. The van der Waals surface area contributed by atoms with E-state index in [0.29, 0.717) is 11.3 Å². The second-order valence-corrected chi connectivity index (χ2v) is 7.47. The molecule has 0 amide bonds. The molecule has 0 bridgehead atoms. The number of rotatable bonds is 11. The van der Waals surface area contributed by atoms with Crippen LogP contribution in [0.3, 0.4) is 0 Å². The predicted molar refractivity (Wildman–Crippen MR) is 89.0 cm³/mol. The summed E-state index contributed by atoms with van der Waals surface area (Å²) >= 11 is 0. The van der Waals surface area contributed by atoms with Crippen LogP contribution in [0.15, 0.2) is 0 Å². The van der Waals surface area contributed by atoms with Gasteiger partial charge < -0.3 is 15.4 Å². The monoisotopic (exact) mass is 286 g/mol. The van der Waals surface area contributed by atoms with Crippen molar-refractivity contribution in [3.8, 4) is 0 Å². The number of hydrogen-bond acceptors (Lipinski definition) is 3. The van der Waals surface area contributed by atoms with Crippen molar-refractivity contribution in [2.75, 3.05) is 39.9 Å². The van der Waals surface area contributed by atoms with Crippen LogP contribution in [0.2, 0.25) is 0 Å². The predicted octanol–water partition coefficient (Wildman–Crippen LogP) is 3.38. The van der Waals surface area contributed by atoms with Gasteiger partial charge in [0.05, 0.1) is 6.61 Å². The number of nitrogens with two attached hydrogens (primary N) is 1. The van der Waals surface area contributed by atoms with Crippen molar-refractivity contribution in [1.29, 1.82) is 0 Å². The van der Waals surface area contributed by atoms with E-state index in [1.807, 2.05) is 0 Å². The second-order valence-electron chi connectivity index (χ2n) is 7.47. The summed E-state index contributed by atoms with van der Waals surface area (Å²) in [5.41, 5.74) is 6.13. The molecule has 0 aliphatic heterocycles. The fourth-order valence-corrected chi connectivity index (χ4v) is 2.80. The van der Waals surface area contributed by atoms with Gasteiger partial charge in [0.2, 0.25) is 0 Å². The van der Waals surface area contributed by atoms with Crippen molar-refractivity contribution in [2.45, 2.75) is 53.9 Å². The van der Waals surface area contributed by atoms with Gasteiger partial charge in [0.25, 0.3) is 0 Å². The normalized spacial score (nSPS) is 14.2. The summed E-state index contributed by atoms with van der Waals surface area (Å²) in [6.45, 7) is 16.6. The molecule has 0 aromatic heterocycles. The molecule has 0 radical (unpaired) electrons. The third kappa shape index (κ3) is 9.73. The van der Waals surface area contributed by atoms with Gasteiger partial charge in [0.15, 0.2) is 0 Å². The maximum atomic E-state index is 5.76. The molecule has 0 saturated carbocycles. The van der Waals surface area contributed by atoms with Gasteiger partial charge >= 0.3 is 0 Å². The minimum atomic E-state index is 0.370. The summed E-state index contributed by atoms with van der Waals surface area (Å²) in [5.74, 6) is 1.45. The maximum Gasteiger partial charge on any atom is 0.0589 e. The van der Waals surface area contributed by atoms with Crippen LogP contribution >= 0.6 is 0 Å². The first-order valence-corrected chi connectivity index (χ1v) is 8.22. The van der Waals surface area contributed by atoms with E-state index in [2.05, 4.69) is 39.5 Å². The Morgan fingerprint density at radius 3 is 2.20 bits per heavy atom. The summed E-state index contributed by atoms with van der Waals surface area (Å²) in [4.78, 5) is 2.54. The van der Waals surface area contributed by atoms with Crippen LogP contribution in [0, 0.1) is 17.3 Å². The topological polar surface area (TPSA) is 38.5 Å². The smallest absolute Gasteiger partial charge is 0.0589 e. The molecular formula is C17H38N2O. The summed E-state index contributed by atoms with van der Waals surface area (Å²) < 4.78 is 5.22. The first kappa shape index (κ1) is 19.9. The molecular weight excluding hydrogens is 248 g/mol.